The van der Waals surface area contributed by atoms with Gasteiger partial charge in [0.15, 0.2) is 0 Å². The van der Waals surface area contributed by atoms with E-state index in [0.717, 1.165) is 30.0 Å². The standard InChI is InChI=1S/C12H18N4O3S/c1-2-14-12(17)10-6-13-3-4-15(10)7-9-5-11(16(18)19)20-8-9/h5,8,10,13H,2-4,6-7H2,1H3,(H,14,17). The number of hydrogen-bond donors (Lipinski definition) is 2. The molecule has 0 saturated carbocycles. The smallest absolute Gasteiger partial charge is 0.324 e. The quantitative estimate of drug-likeness (QED) is 0.613. The molecule has 2 rings (SSSR count). The van der Waals surface area contributed by atoms with Gasteiger partial charge in [0.25, 0.3) is 0 Å². The molecular formula is C12H18N4O3S. The summed E-state index contributed by atoms with van der Waals surface area (Å²) in [5, 5.41) is 18.7. The van der Waals surface area contributed by atoms with Gasteiger partial charge in [-0.15, -0.1) is 0 Å². The predicted molar refractivity (Wildman–Crippen MR) is 76.7 cm³/mol. The summed E-state index contributed by atoms with van der Waals surface area (Å²) in [5.74, 6) is 0.00410. The average Bonchev–Trinajstić information content (AvgIpc) is 2.88. The minimum Gasteiger partial charge on any atom is -0.355 e. The van der Waals surface area contributed by atoms with E-state index < -0.39 is 0 Å². The highest BCUT2D eigenvalue weighted by Gasteiger charge is 2.28. The van der Waals surface area contributed by atoms with E-state index in [9.17, 15) is 14.9 Å². The van der Waals surface area contributed by atoms with E-state index in [1.807, 2.05) is 6.92 Å². The highest BCUT2D eigenvalue weighted by molar-refractivity contribution is 7.13. The molecule has 1 aliphatic rings. The normalized spacial score (nSPS) is 19.8. The molecular weight excluding hydrogens is 280 g/mol. The van der Waals surface area contributed by atoms with Crippen molar-refractivity contribution < 1.29 is 9.72 Å². The van der Waals surface area contributed by atoms with Crippen molar-refractivity contribution in [2.24, 2.45) is 0 Å². The molecule has 0 aromatic carbocycles. The van der Waals surface area contributed by atoms with Gasteiger partial charge < -0.3 is 10.6 Å². The molecule has 1 aliphatic heterocycles. The third-order valence-corrected chi connectivity index (χ3v) is 4.14. The number of likely N-dealkylation sites (N-methyl/N-ethyl adjacent to an activating group) is 1. The lowest BCUT2D eigenvalue weighted by Crippen LogP contribution is -2.57. The maximum atomic E-state index is 12.0. The Bertz CT molecular complexity index is 491. The van der Waals surface area contributed by atoms with E-state index in [1.54, 1.807) is 11.4 Å². The molecule has 1 aromatic heterocycles. The number of piperazine rings is 1. The lowest BCUT2D eigenvalue weighted by atomic mass is 10.1. The van der Waals surface area contributed by atoms with Crippen LogP contribution in [0.25, 0.3) is 0 Å². The fourth-order valence-electron chi connectivity index (χ4n) is 2.26. The third-order valence-electron chi connectivity index (χ3n) is 3.21. The molecule has 1 atom stereocenters. The Morgan fingerprint density at radius 3 is 3.15 bits per heavy atom. The summed E-state index contributed by atoms with van der Waals surface area (Å²) in [6.07, 6.45) is 0. The van der Waals surface area contributed by atoms with Crippen molar-refractivity contribution in [1.29, 1.82) is 0 Å². The van der Waals surface area contributed by atoms with Crippen LogP contribution in [-0.4, -0.2) is 48.0 Å². The number of carbonyl (C=O) groups excluding carboxylic acids is 1. The van der Waals surface area contributed by atoms with Crippen LogP contribution in [0.2, 0.25) is 0 Å². The van der Waals surface area contributed by atoms with Gasteiger partial charge in [-0.2, -0.15) is 0 Å². The molecule has 0 radical (unpaired) electrons. The van der Waals surface area contributed by atoms with E-state index in [-0.39, 0.29) is 21.9 Å². The largest absolute Gasteiger partial charge is 0.355 e. The van der Waals surface area contributed by atoms with Gasteiger partial charge in [0.1, 0.15) is 6.04 Å². The number of amides is 1. The van der Waals surface area contributed by atoms with Crippen molar-refractivity contribution >= 4 is 22.2 Å². The minimum atomic E-state index is -0.382. The molecule has 0 spiro atoms. The maximum Gasteiger partial charge on any atom is 0.324 e. The molecule has 8 heteroatoms. The first-order chi connectivity index (χ1) is 9.61. The van der Waals surface area contributed by atoms with Crippen LogP contribution in [0, 0.1) is 10.1 Å². The zero-order valence-corrected chi connectivity index (χ0v) is 12.1. The van der Waals surface area contributed by atoms with Crippen LogP contribution in [0.5, 0.6) is 0 Å². The van der Waals surface area contributed by atoms with Gasteiger partial charge in [0.05, 0.1) is 4.92 Å². The molecule has 1 unspecified atom stereocenters. The van der Waals surface area contributed by atoms with Crippen LogP contribution in [0.3, 0.4) is 0 Å². The van der Waals surface area contributed by atoms with E-state index in [1.165, 1.54) is 0 Å². The van der Waals surface area contributed by atoms with Crippen LogP contribution in [0.4, 0.5) is 5.00 Å². The van der Waals surface area contributed by atoms with Gasteiger partial charge in [-0.3, -0.25) is 19.8 Å². The zero-order chi connectivity index (χ0) is 14.5. The second kappa shape index (κ2) is 6.78. The summed E-state index contributed by atoms with van der Waals surface area (Å²) in [7, 11) is 0. The number of rotatable bonds is 5. The average molecular weight is 298 g/mol. The molecule has 1 saturated heterocycles. The predicted octanol–water partition coefficient (Wildman–Crippen LogP) is 0.566. The summed E-state index contributed by atoms with van der Waals surface area (Å²) in [4.78, 5) is 24.4. The molecule has 1 aromatic rings. The SMILES string of the molecule is CCNC(=O)C1CNCCN1Cc1csc([N+](=O)[O-])c1. The Hall–Kier alpha value is -1.51. The van der Waals surface area contributed by atoms with Crippen molar-refractivity contribution in [3.8, 4) is 0 Å². The van der Waals surface area contributed by atoms with Crippen LogP contribution in [0.1, 0.15) is 12.5 Å². The third kappa shape index (κ3) is 3.53. The van der Waals surface area contributed by atoms with Crippen LogP contribution < -0.4 is 10.6 Å². The van der Waals surface area contributed by atoms with Gasteiger partial charge in [-0.25, -0.2) is 0 Å². The fraction of sp³-hybridized carbons (Fsp3) is 0.583. The maximum absolute atomic E-state index is 12.0. The highest BCUT2D eigenvalue weighted by atomic mass is 32.1. The summed E-state index contributed by atoms with van der Waals surface area (Å²) in [6, 6.07) is 1.37. The number of carbonyl (C=O) groups is 1. The van der Waals surface area contributed by atoms with Crippen molar-refractivity contribution in [1.82, 2.24) is 15.5 Å². The number of nitrogens with zero attached hydrogens (tertiary/aromatic N) is 2. The molecule has 2 N–H and O–H groups in total. The van der Waals surface area contributed by atoms with E-state index in [4.69, 9.17) is 0 Å². The van der Waals surface area contributed by atoms with Gasteiger partial charge >= 0.3 is 5.00 Å². The van der Waals surface area contributed by atoms with Gasteiger partial charge in [0, 0.05) is 44.2 Å². The lowest BCUT2D eigenvalue weighted by Gasteiger charge is -2.34. The van der Waals surface area contributed by atoms with Gasteiger partial charge in [0.2, 0.25) is 5.91 Å². The van der Waals surface area contributed by atoms with Crippen LogP contribution in [-0.2, 0) is 11.3 Å². The first-order valence-electron chi connectivity index (χ1n) is 6.56. The van der Waals surface area contributed by atoms with E-state index in [0.29, 0.717) is 19.6 Å². The number of hydrogen-bond acceptors (Lipinski definition) is 6. The van der Waals surface area contributed by atoms with Crippen molar-refractivity contribution in [3.05, 3.63) is 27.1 Å². The van der Waals surface area contributed by atoms with Crippen molar-refractivity contribution in [2.75, 3.05) is 26.2 Å². The second-order valence-corrected chi connectivity index (χ2v) is 5.52. The first kappa shape index (κ1) is 14.9. The van der Waals surface area contributed by atoms with Crippen molar-refractivity contribution in [2.45, 2.75) is 19.5 Å². The van der Waals surface area contributed by atoms with E-state index in [2.05, 4.69) is 15.5 Å². The highest BCUT2D eigenvalue weighted by Crippen LogP contribution is 2.24. The Labute approximate surface area is 121 Å². The monoisotopic (exact) mass is 298 g/mol. The van der Waals surface area contributed by atoms with Gasteiger partial charge in [-0.05, 0) is 12.5 Å². The molecule has 1 amide bonds. The number of thiophene rings is 1. The second-order valence-electron chi connectivity index (χ2n) is 4.64. The van der Waals surface area contributed by atoms with Crippen LogP contribution in [0.15, 0.2) is 11.4 Å². The number of nitro groups is 1. The fourth-order valence-corrected chi connectivity index (χ4v) is 2.98. The number of nitrogens with one attached hydrogen (secondary N) is 2. The zero-order valence-electron chi connectivity index (χ0n) is 11.3. The minimum absolute atomic E-state index is 0.00410. The molecule has 7 nitrogen and oxygen atoms in total. The van der Waals surface area contributed by atoms with Crippen LogP contribution >= 0.6 is 11.3 Å². The Balaban J connectivity index is 2.04. The summed E-state index contributed by atoms with van der Waals surface area (Å²) < 4.78 is 0. The molecule has 0 aliphatic carbocycles. The molecule has 20 heavy (non-hydrogen) atoms. The Morgan fingerprint density at radius 1 is 1.70 bits per heavy atom. The summed E-state index contributed by atoms with van der Waals surface area (Å²) >= 11 is 1.12. The first-order valence-corrected chi connectivity index (χ1v) is 7.44. The molecule has 1 fully saturated rings. The van der Waals surface area contributed by atoms with E-state index >= 15 is 0 Å². The van der Waals surface area contributed by atoms with Gasteiger partial charge in [-0.1, -0.05) is 11.3 Å². The molecule has 2 heterocycles. The summed E-state index contributed by atoms with van der Waals surface area (Å²) in [6.45, 7) is 5.24. The topological polar surface area (TPSA) is 87.5 Å². The Kier molecular flexibility index (Phi) is 5.05. The molecule has 110 valence electrons. The summed E-state index contributed by atoms with van der Waals surface area (Å²) in [5.41, 5.74) is 0.887. The van der Waals surface area contributed by atoms with Crippen molar-refractivity contribution in [3.63, 3.8) is 0 Å². The lowest BCUT2D eigenvalue weighted by molar-refractivity contribution is -0.380. The molecule has 0 bridgehead atoms. The Morgan fingerprint density at radius 2 is 2.50 bits per heavy atom.